The molecule has 0 aromatic heterocycles. The molecule has 0 aliphatic rings. The van der Waals surface area contributed by atoms with Crippen molar-refractivity contribution in [2.75, 3.05) is 6.54 Å². The van der Waals surface area contributed by atoms with Crippen LogP contribution < -0.4 is 5.32 Å². The van der Waals surface area contributed by atoms with Crippen molar-refractivity contribution in [3.8, 4) is 0 Å². The van der Waals surface area contributed by atoms with Gasteiger partial charge in [-0.05, 0) is 30.0 Å². The number of carboxylic acid groups (broad SMARTS) is 1. The summed E-state index contributed by atoms with van der Waals surface area (Å²) in [6, 6.07) is 7.49. The van der Waals surface area contributed by atoms with E-state index in [9.17, 15) is 4.79 Å². The van der Waals surface area contributed by atoms with E-state index in [0.29, 0.717) is 18.9 Å². The highest BCUT2D eigenvalue weighted by Crippen LogP contribution is 2.11. The molecule has 1 aromatic carbocycles. The maximum atomic E-state index is 11.0. The zero-order chi connectivity index (χ0) is 14.3. The molecule has 0 heterocycles. The van der Waals surface area contributed by atoms with E-state index in [4.69, 9.17) is 5.11 Å². The second kappa shape index (κ2) is 8.12. The van der Waals surface area contributed by atoms with Gasteiger partial charge in [-0.25, -0.2) is 0 Å². The van der Waals surface area contributed by atoms with E-state index >= 15 is 0 Å². The lowest BCUT2D eigenvalue weighted by Gasteiger charge is -2.15. The molecule has 0 spiro atoms. The van der Waals surface area contributed by atoms with Crippen LogP contribution >= 0.6 is 15.9 Å². The Balaban J connectivity index is 2.43. The first-order valence-electron chi connectivity index (χ1n) is 6.37. The highest BCUT2D eigenvalue weighted by Gasteiger charge is 2.16. The number of hydrogen-bond donors (Lipinski definition) is 2. The summed E-state index contributed by atoms with van der Waals surface area (Å²) in [6.07, 6.45) is 4.56. The van der Waals surface area contributed by atoms with E-state index in [1.807, 2.05) is 50.3 Å². The van der Waals surface area contributed by atoms with Crippen molar-refractivity contribution in [3.05, 3.63) is 40.4 Å². The Morgan fingerprint density at radius 3 is 2.53 bits per heavy atom. The molecular weight excluding hydrogens is 306 g/mol. The molecule has 0 fully saturated rings. The molecule has 0 radical (unpaired) electrons. The summed E-state index contributed by atoms with van der Waals surface area (Å²) in [7, 11) is 0. The predicted molar refractivity (Wildman–Crippen MR) is 82.1 cm³/mol. The van der Waals surface area contributed by atoms with Gasteiger partial charge >= 0.3 is 5.97 Å². The lowest BCUT2D eigenvalue weighted by atomic mass is 10.0. The predicted octanol–water partition coefficient (Wildman–Crippen LogP) is 3.55. The van der Waals surface area contributed by atoms with Gasteiger partial charge in [0.1, 0.15) is 6.04 Å². The van der Waals surface area contributed by atoms with Gasteiger partial charge in [-0.15, -0.1) is 0 Å². The normalized spacial score (nSPS) is 13.1. The van der Waals surface area contributed by atoms with Crippen molar-refractivity contribution >= 4 is 28.0 Å². The van der Waals surface area contributed by atoms with Gasteiger partial charge in [0.15, 0.2) is 0 Å². The number of hydrogen-bond acceptors (Lipinski definition) is 2. The molecule has 19 heavy (non-hydrogen) atoms. The lowest BCUT2D eigenvalue weighted by Crippen LogP contribution is -2.37. The molecule has 0 unspecified atom stereocenters. The van der Waals surface area contributed by atoms with Crippen LogP contribution in [0.1, 0.15) is 25.8 Å². The SMILES string of the molecule is CC(C)C[C@H](NC/C=C/c1ccc(Br)cc1)C(=O)O. The number of carbonyl (C=O) groups is 1. The van der Waals surface area contributed by atoms with Gasteiger partial charge in [0.25, 0.3) is 0 Å². The number of nitrogens with one attached hydrogen (secondary N) is 1. The minimum atomic E-state index is -0.786. The molecule has 1 atom stereocenters. The second-order valence-electron chi connectivity index (χ2n) is 4.88. The number of rotatable bonds is 7. The Morgan fingerprint density at radius 2 is 2.00 bits per heavy atom. The average Bonchev–Trinajstić information content (AvgIpc) is 2.34. The molecule has 0 saturated carbocycles. The Morgan fingerprint density at radius 1 is 1.37 bits per heavy atom. The van der Waals surface area contributed by atoms with E-state index in [2.05, 4.69) is 21.2 Å². The van der Waals surface area contributed by atoms with E-state index in [-0.39, 0.29) is 0 Å². The first-order chi connectivity index (χ1) is 8.99. The molecule has 0 bridgehead atoms. The number of carboxylic acids is 1. The lowest BCUT2D eigenvalue weighted by molar-refractivity contribution is -0.139. The van der Waals surface area contributed by atoms with Crippen molar-refractivity contribution in [2.45, 2.75) is 26.3 Å². The van der Waals surface area contributed by atoms with Crippen LogP contribution in [-0.4, -0.2) is 23.7 Å². The Hall–Kier alpha value is -1.13. The van der Waals surface area contributed by atoms with Gasteiger partial charge in [-0.3, -0.25) is 4.79 Å². The van der Waals surface area contributed by atoms with Crippen LogP contribution in [0.25, 0.3) is 6.08 Å². The summed E-state index contributed by atoms with van der Waals surface area (Å²) in [5, 5.41) is 12.1. The highest BCUT2D eigenvalue weighted by molar-refractivity contribution is 9.10. The number of halogens is 1. The maximum absolute atomic E-state index is 11.0. The quantitative estimate of drug-likeness (QED) is 0.806. The fraction of sp³-hybridized carbons (Fsp3) is 0.400. The van der Waals surface area contributed by atoms with Gasteiger partial charge in [-0.1, -0.05) is 54.1 Å². The summed E-state index contributed by atoms with van der Waals surface area (Å²) in [6.45, 7) is 4.60. The van der Waals surface area contributed by atoms with Crippen LogP contribution in [0, 0.1) is 5.92 Å². The van der Waals surface area contributed by atoms with Gasteiger partial charge < -0.3 is 10.4 Å². The zero-order valence-electron chi connectivity index (χ0n) is 11.3. The summed E-state index contributed by atoms with van der Waals surface area (Å²) in [5.41, 5.74) is 1.10. The van der Waals surface area contributed by atoms with Crippen molar-refractivity contribution in [1.29, 1.82) is 0 Å². The standard InChI is InChI=1S/C15H20BrNO2/c1-11(2)10-14(15(18)19)17-9-3-4-12-5-7-13(16)8-6-12/h3-8,11,14,17H,9-10H2,1-2H3,(H,18,19)/b4-3+/t14-/m0/s1. The Labute approximate surface area is 122 Å². The van der Waals surface area contributed by atoms with Crippen LogP contribution in [0.15, 0.2) is 34.8 Å². The minimum absolute atomic E-state index is 0.365. The molecular formula is C15H20BrNO2. The third kappa shape index (κ3) is 6.55. The van der Waals surface area contributed by atoms with Crippen LogP contribution in [0.2, 0.25) is 0 Å². The van der Waals surface area contributed by atoms with Crippen molar-refractivity contribution in [1.82, 2.24) is 5.32 Å². The van der Waals surface area contributed by atoms with Crippen molar-refractivity contribution in [3.63, 3.8) is 0 Å². The van der Waals surface area contributed by atoms with E-state index in [0.717, 1.165) is 10.0 Å². The highest BCUT2D eigenvalue weighted by atomic mass is 79.9. The summed E-state index contributed by atoms with van der Waals surface area (Å²) >= 11 is 3.38. The van der Waals surface area contributed by atoms with E-state index < -0.39 is 12.0 Å². The smallest absolute Gasteiger partial charge is 0.320 e. The first kappa shape index (κ1) is 15.9. The molecule has 2 N–H and O–H groups in total. The molecule has 1 rings (SSSR count). The molecule has 0 aliphatic heterocycles. The summed E-state index contributed by atoms with van der Waals surface area (Å²) < 4.78 is 1.05. The molecule has 3 nitrogen and oxygen atoms in total. The Kier molecular flexibility index (Phi) is 6.81. The van der Waals surface area contributed by atoms with Crippen LogP contribution in [0.4, 0.5) is 0 Å². The number of aliphatic carboxylic acids is 1. The van der Waals surface area contributed by atoms with Gasteiger partial charge in [0, 0.05) is 11.0 Å². The largest absolute Gasteiger partial charge is 0.480 e. The molecule has 0 amide bonds. The second-order valence-corrected chi connectivity index (χ2v) is 5.80. The molecule has 0 aliphatic carbocycles. The third-order valence-electron chi connectivity index (χ3n) is 2.67. The van der Waals surface area contributed by atoms with Gasteiger partial charge in [0.2, 0.25) is 0 Å². The van der Waals surface area contributed by atoms with Crippen molar-refractivity contribution in [2.24, 2.45) is 5.92 Å². The topological polar surface area (TPSA) is 49.3 Å². The zero-order valence-corrected chi connectivity index (χ0v) is 12.9. The summed E-state index contributed by atoms with van der Waals surface area (Å²) in [4.78, 5) is 11.0. The Bertz CT molecular complexity index is 426. The van der Waals surface area contributed by atoms with Crippen LogP contribution in [0.5, 0.6) is 0 Å². The fourth-order valence-corrected chi connectivity index (χ4v) is 1.99. The third-order valence-corrected chi connectivity index (χ3v) is 3.20. The van der Waals surface area contributed by atoms with Gasteiger partial charge in [-0.2, -0.15) is 0 Å². The van der Waals surface area contributed by atoms with Crippen molar-refractivity contribution < 1.29 is 9.90 Å². The average molecular weight is 326 g/mol. The van der Waals surface area contributed by atoms with E-state index in [1.54, 1.807) is 0 Å². The molecule has 4 heteroatoms. The van der Waals surface area contributed by atoms with Crippen LogP contribution in [-0.2, 0) is 4.79 Å². The van der Waals surface area contributed by atoms with E-state index in [1.165, 1.54) is 0 Å². The minimum Gasteiger partial charge on any atom is -0.480 e. The first-order valence-corrected chi connectivity index (χ1v) is 7.16. The molecule has 1 aromatic rings. The monoisotopic (exact) mass is 325 g/mol. The van der Waals surface area contributed by atoms with Crippen LogP contribution in [0.3, 0.4) is 0 Å². The maximum Gasteiger partial charge on any atom is 0.320 e. The molecule has 104 valence electrons. The van der Waals surface area contributed by atoms with Gasteiger partial charge in [0.05, 0.1) is 0 Å². The number of benzene rings is 1. The molecule has 0 saturated heterocycles. The fourth-order valence-electron chi connectivity index (χ4n) is 1.72. The summed E-state index contributed by atoms with van der Waals surface area (Å²) in [5.74, 6) is -0.421.